The summed E-state index contributed by atoms with van der Waals surface area (Å²) in [5, 5.41) is 2.63. The number of halogens is 3. The van der Waals surface area contributed by atoms with Gasteiger partial charge in [0.25, 0.3) is 0 Å². The van der Waals surface area contributed by atoms with E-state index in [9.17, 15) is 9.59 Å². The number of hydrogen-bond acceptors (Lipinski definition) is 8. The van der Waals surface area contributed by atoms with Gasteiger partial charge in [-0.2, -0.15) is 0 Å². The highest BCUT2D eigenvalue weighted by Gasteiger charge is 2.28. The molecule has 250 valence electrons. The first-order valence-electron chi connectivity index (χ1n) is 14.9. The molecule has 5 aromatic rings. The van der Waals surface area contributed by atoms with Crippen molar-refractivity contribution in [2.45, 2.75) is 18.8 Å². The van der Waals surface area contributed by atoms with E-state index in [1.54, 1.807) is 36.5 Å². The monoisotopic (exact) mass is 711 g/mol. The second-order valence-electron chi connectivity index (χ2n) is 10.4. The Morgan fingerprint density at radius 1 is 0.896 bits per heavy atom. The number of carbonyl (C=O) groups is 2. The van der Waals surface area contributed by atoms with Crippen molar-refractivity contribution >= 4 is 62.3 Å². The maximum absolute atomic E-state index is 15.5. The van der Waals surface area contributed by atoms with Crippen LogP contribution in [-0.2, 0) is 9.59 Å². The Labute approximate surface area is 290 Å². The standard InChI is InChI=1S/C35H32Cl2FN3O6S/c1-44-27-7-3-2-6-24(27)41-35(43)32(34(39)42)22-9-10-26(23(38)18-22)47-29-12-15-40-25-20-31(48-33(25)29)21-8-11-28(45-16-4-13-36)30(19-21)46-17-5-14-37/h2-3,6-12,15,18-20,32H,4-5,13-14,16-17H2,1H3,(H2,39,42)(H,41,43). The minimum atomic E-state index is -1.47. The van der Waals surface area contributed by atoms with Crippen LogP contribution < -0.4 is 30.0 Å². The van der Waals surface area contributed by atoms with Crippen LogP contribution in [0.15, 0.2) is 79.0 Å². The number of methoxy groups -OCH3 is 1. The van der Waals surface area contributed by atoms with Gasteiger partial charge < -0.3 is 30.0 Å². The number of nitrogens with one attached hydrogen (secondary N) is 1. The van der Waals surface area contributed by atoms with Crippen LogP contribution in [0.25, 0.3) is 20.7 Å². The molecule has 0 saturated carbocycles. The lowest BCUT2D eigenvalue weighted by Gasteiger charge is -2.16. The molecule has 0 aliphatic carbocycles. The van der Waals surface area contributed by atoms with E-state index in [-0.39, 0.29) is 11.3 Å². The summed E-state index contributed by atoms with van der Waals surface area (Å²) in [5.41, 5.74) is 7.51. The Hall–Kier alpha value is -4.58. The first-order chi connectivity index (χ1) is 23.3. The summed E-state index contributed by atoms with van der Waals surface area (Å²) in [6, 6.07) is 19.8. The molecule has 48 heavy (non-hydrogen) atoms. The minimum Gasteiger partial charge on any atom is -0.495 e. The smallest absolute Gasteiger partial charge is 0.241 e. The van der Waals surface area contributed by atoms with Crippen LogP contribution in [0.4, 0.5) is 10.1 Å². The lowest BCUT2D eigenvalue weighted by molar-refractivity contribution is -0.127. The summed E-state index contributed by atoms with van der Waals surface area (Å²) < 4.78 is 39.3. The zero-order valence-corrected chi connectivity index (χ0v) is 28.2. The van der Waals surface area contributed by atoms with Crippen molar-refractivity contribution in [1.82, 2.24) is 4.98 Å². The van der Waals surface area contributed by atoms with E-state index in [4.69, 9.17) is 47.9 Å². The lowest BCUT2D eigenvalue weighted by atomic mass is 9.97. The van der Waals surface area contributed by atoms with Crippen LogP contribution in [-0.4, -0.2) is 48.9 Å². The number of nitrogens with two attached hydrogens (primary N) is 1. The predicted octanol–water partition coefficient (Wildman–Crippen LogP) is 8.13. The molecule has 3 aromatic carbocycles. The van der Waals surface area contributed by atoms with Crippen molar-refractivity contribution in [3.63, 3.8) is 0 Å². The van der Waals surface area contributed by atoms with Gasteiger partial charge in [-0.05, 0) is 72.5 Å². The number of para-hydroxylation sites is 2. The summed E-state index contributed by atoms with van der Waals surface area (Å²) in [7, 11) is 1.45. The number of benzene rings is 3. The Morgan fingerprint density at radius 2 is 1.62 bits per heavy atom. The first kappa shape index (κ1) is 34.7. The average Bonchev–Trinajstić information content (AvgIpc) is 3.52. The second kappa shape index (κ2) is 16.5. The van der Waals surface area contributed by atoms with Crippen molar-refractivity contribution in [2.75, 3.05) is 37.4 Å². The third-order valence-electron chi connectivity index (χ3n) is 7.10. The molecule has 0 bridgehead atoms. The third kappa shape index (κ3) is 8.28. The molecule has 2 aromatic heterocycles. The van der Waals surface area contributed by atoms with Crippen LogP contribution in [0.2, 0.25) is 0 Å². The molecule has 1 unspecified atom stereocenters. The highest BCUT2D eigenvalue weighted by atomic mass is 35.5. The third-order valence-corrected chi connectivity index (χ3v) is 8.82. The van der Waals surface area contributed by atoms with Gasteiger partial charge in [-0.1, -0.05) is 18.2 Å². The van der Waals surface area contributed by atoms with E-state index in [1.165, 1.54) is 30.6 Å². The normalized spacial score (nSPS) is 11.6. The molecule has 2 heterocycles. The fourth-order valence-electron chi connectivity index (χ4n) is 4.80. The largest absolute Gasteiger partial charge is 0.495 e. The number of aromatic nitrogens is 1. The molecule has 0 saturated heterocycles. The summed E-state index contributed by atoms with van der Waals surface area (Å²) in [4.78, 5) is 30.8. The molecule has 0 radical (unpaired) electrons. The fraction of sp³-hybridized carbons (Fsp3) is 0.229. The number of rotatable bonds is 16. The van der Waals surface area contributed by atoms with Crippen molar-refractivity contribution in [3.8, 4) is 39.2 Å². The molecule has 1 atom stereocenters. The average molecular weight is 713 g/mol. The van der Waals surface area contributed by atoms with E-state index in [2.05, 4.69) is 10.3 Å². The van der Waals surface area contributed by atoms with Gasteiger partial charge in [-0.15, -0.1) is 34.5 Å². The number of nitrogens with zero attached hydrogens (tertiary/aromatic N) is 1. The number of primary amides is 1. The molecule has 3 N–H and O–H groups in total. The van der Waals surface area contributed by atoms with E-state index in [0.717, 1.165) is 16.5 Å². The zero-order chi connectivity index (χ0) is 34.0. The number of thiophene rings is 1. The molecular formula is C35H32Cl2FN3O6S. The van der Waals surface area contributed by atoms with Crippen molar-refractivity contribution in [2.24, 2.45) is 5.73 Å². The topological polar surface area (TPSA) is 122 Å². The summed E-state index contributed by atoms with van der Waals surface area (Å²) in [5.74, 6) is -1.11. The Balaban J connectivity index is 1.38. The van der Waals surface area contributed by atoms with Crippen LogP contribution in [0.1, 0.15) is 24.3 Å². The van der Waals surface area contributed by atoms with Gasteiger partial charge in [0.2, 0.25) is 11.8 Å². The maximum atomic E-state index is 15.5. The molecule has 0 aliphatic rings. The van der Waals surface area contributed by atoms with Gasteiger partial charge >= 0.3 is 0 Å². The molecule has 2 amide bonds. The minimum absolute atomic E-state index is 0.0668. The SMILES string of the molecule is COc1ccccc1NC(=O)C(C(N)=O)c1ccc(Oc2ccnc3cc(-c4ccc(OCCCCl)c(OCCCCl)c4)sc23)c(F)c1. The number of pyridine rings is 1. The van der Waals surface area contributed by atoms with Gasteiger partial charge in [0, 0.05) is 28.9 Å². The first-order valence-corrected chi connectivity index (χ1v) is 16.8. The van der Waals surface area contributed by atoms with Crippen LogP contribution in [0.5, 0.6) is 28.7 Å². The Morgan fingerprint density at radius 3 is 2.33 bits per heavy atom. The zero-order valence-electron chi connectivity index (χ0n) is 25.8. The van der Waals surface area contributed by atoms with Crippen molar-refractivity contribution < 1.29 is 32.9 Å². The molecule has 5 rings (SSSR count). The van der Waals surface area contributed by atoms with Crippen LogP contribution in [0.3, 0.4) is 0 Å². The Kier molecular flexibility index (Phi) is 11.9. The van der Waals surface area contributed by atoms with Gasteiger partial charge in [-0.3, -0.25) is 14.6 Å². The number of amides is 2. The van der Waals surface area contributed by atoms with E-state index >= 15 is 4.39 Å². The molecule has 9 nitrogen and oxygen atoms in total. The number of carbonyl (C=O) groups excluding carboxylic acids is 2. The summed E-state index contributed by atoms with van der Waals surface area (Å²) in [6.07, 6.45) is 2.95. The number of hydrogen-bond donors (Lipinski definition) is 2. The molecule has 13 heteroatoms. The lowest BCUT2D eigenvalue weighted by Crippen LogP contribution is -2.32. The number of anilines is 1. The van der Waals surface area contributed by atoms with E-state index < -0.39 is 23.5 Å². The maximum Gasteiger partial charge on any atom is 0.241 e. The number of alkyl halides is 2. The molecule has 0 aliphatic heterocycles. The van der Waals surface area contributed by atoms with Gasteiger partial charge in [0.1, 0.15) is 17.4 Å². The quantitative estimate of drug-likeness (QED) is 0.0602. The van der Waals surface area contributed by atoms with Crippen LogP contribution >= 0.6 is 34.5 Å². The number of fused-ring (bicyclic) bond motifs is 1. The second-order valence-corrected chi connectivity index (χ2v) is 12.2. The van der Waals surface area contributed by atoms with Crippen molar-refractivity contribution in [3.05, 3.63) is 90.4 Å². The fourth-order valence-corrected chi connectivity index (χ4v) is 6.08. The van der Waals surface area contributed by atoms with Gasteiger partial charge in [0.15, 0.2) is 23.1 Å². The van der Waals surface area contributed by atoms with E-state index in [0.29, 0.717) is 76.7 Å². The summed E-state index contributed by atoms with van der Waals surface area (Å²) >= 11 is 13.1. The number of ether oxygens (including phenoxy) is 4. The predicted molar refractivity (Wildman–Crippen MR) is 187 cm³/mol. The van der Waals surface area contributed by atoms with Crippen molar-refractivity contribution in [1.29, 1.82) is 0 Å². The Bertz CT molecular complexity index is 1910. The molecule has 0 fully saturated rings. The van der Waals surface area contributed by atoms with Gasteiger partial charge in [-0.25, -0.2) is 4.39 Å². The van der Waals surface area contributed by atoms with Crippen LogP contribution in [0, 0.1) is 5.82 Å². The molecular weight excluding hydrogens is 680 g/mol. The van der Waals surface area contributed by atoms with E-state index in [1.807, 2.05) is 24.3 Å². The highest BCUT2D eigenvalue weighted by Crippen LogP contribution is 2.42. The molecule has 0 spiro atoms. The highest BCUT2D eigenvalue weighted by molar-refractivity contribution is 7.22. The van der Waals surface area contributed by atoms with Gasteiger partial charge in [0.05, 0.1) is 36.2 Å². The summed E-state index contributed by atoms with van der Waals surface area (Å²) in [6.45, 7) is 0.890.